The number of aromatic nitrogens is 3. The molecule has 174 valence electrons. The van der Waals surface area contributed by atoms with Gasteiger partial charge in [-0.3, -0.25) is 4.98 Å². The van der Waals surface area contributed by atoms with Crippen LogP contribution in [0.5, 0.6) is 5.75 Å². The highest BCUT2D eigenvalue weighted by Gasteiger charge is 2.12. The number of halogens is 1. The van der Waals surface area contributed by atoms with Gasteiger partial charge in [-0.25, -0.2) is 0 Å². The second kappa shape index (κ2) is 9.49. The standard InChI is InChI=1S/C29H19ClN4OS/c30-19-7-5-18(6-8-19)28-23-3-1-2-4-24(23)29(34-33-28)32-20-9-12-22(13-10-20)36-27-15-16-31-26-14-11-21(35)17-25(26)27/h1-17,35H,(H,32,34). The molecule has 5 nitrogen and oxygen atoms in total. The van der Waals surface area contributed by atoms with Gasteiger partial charge in [-0.05, 0) is 60.7 Å². The highest BCUT2D eigenvalue weighted by molar-refractivity contribution is 7.99. The summed E-state index contributed by atoms with van der Waals surface area (Å²) in [5.41, 5.74) is 3.54. The van der Waals surface area contributed by atoms with Crippen molar-refractivity contribution in [2.24, 2.45) is 0 Å². The lowest BCUT2D eigenvalue weighted by Crippen LogP contribution is -1.99. The molecular weight excluding hydrogens is 488 g/mol. The van der Waals surface area contributed by atoms with Crippen LogP contribution in [0.4, 0.5) is 11.5 Å². The van der Waals surface area contributed by atoms with Gasteiger partial charge in [-0.15, -0.1) is 10.2 Å². The number of rotatable bonds is 5. The number of aromatic hydroxyl groups is 1. The van der Waals surface area contributed by atoms with Crippen LogP contribution in [0.2, 0.25) is 5.02 Å². The third kappa shape index (κ3) is 4.44. The van der Waals surface area contributed by atoms with E-state index in [1.165, 1.54) is 0 Å². The van der Waals surface area contributed by atoms with Gasteiger partial charge in [0.15, 0.2) is 5.82 Å². The van der Waals surface area contributed by atoms with Crippen LogP contribution in [0.25, 0.3) is 32.9 Å². The van der Waals surface area contributed by atoms with Gasteiger partial charge in [-0.2, -0.15) is 0 Å². The van der Waals surface area contributed by atoms with Gasteiger partial charge in [0.1, 0.15) is 11.4 Å². The van der Waals surface area contributed by atoms with Crippen molar-refractivity contribution >= 4 is 56.5 Å². The minimum Gasteiger partial charge on any atom is -0.508 e. The van der Waals surface area contributed by atoms with Crippen LogP contribution in [0.3, 0.4) is 0 Å². The Bertz CT molecular complexity index is 1710. The van der Waals surface area contributed by atoms with Crippen LogP contribution in [0, 0.1) is 0 Å². The fraction of sp³-hybridized carbons (Fsp3) is 0. The molecule has 0 atom stereocenters. The maximum atomic E-state index is 9.90. The Morgan fingerprint density at radius 3 is 2.33 bits per heavy atom. The Balaban J connectivity index is 1.28. The van der Waals surface area contributed by atoms with Crippen LogP contribution in [0.1, 0.15) is 0 Å². The topological polar surface area (TPSA) is 70.9 Å². The lowest BCUT2D eigenvalue weighted by molar-refractivity contribution is 0.476. The molecule has 36 heavy (non-hydrogen) atoms. The van der Waals surface area contributed by atoms with Gasteiger partial charge in [0.05, 0.1) is 5.52 Å². The van der Waals surface area contributed by atoms with Crippen molar-refractivity contribution in [3.05, 3.63) is 108 Å². The number of hydrogen-bond donors (Lipinski definition) is 2. The number of nitrogens with zero attached hydrogens (tertiary/aromatic N) is 3. The number of nitrogens with one attached hydrogen (secondary N) is 1. The molecule has 6 rings (SSSR count). The third-order valence-corrected chi connectivity index (χ3v) is 7.17. The maximum absolute atomic E-state index is 9.90. The maximum Gasteiger partial charge on any atom is 0.161 e. The fourth-order valence-corrected chi connectivity index (χ4v) is 5.14. The largest absolute Gasteiger partial charge is 0.508 e. The Morgan fingerprint density at radius 2 is 1.53 bits per heavy atom. The summed E-state index contributed by atoms with van der Waals surface area (Å²) in [5.74, 6) is 0.923. The normalized spacial score (nSPS) is 11.1. The lowest BCUT2D eigenvalue weighted by atomic mass is 10.0. The third-order valence-electron chi connectivity index (χ3n) is 5.83. The summed E-state index contributed by atoms with van der Waals surface area (Å²) in [6.07, 6.45) is 1.79. The summed E-state index contributed by atoms with van der Waals surface area (Å²) in [6, 6.07) is 31.1. The van der Waals surface area contributed by atoms with Crippen LogP contribution in [0.15, 0.2) is 113 Å². The van der Waals surface area contributed by atoms with E-state index in [2.05, 4.69) is 38.7 Å². The van der Waals surface area contributed by atoms with Crippen molar-refractivity contribution < 1.29 is 5.11 Å². The van der Waals surface area contributed by atoms with Gasteiger partial charge in [0, 0.05) is 48.4 Å². The highest BCUT2D eigenvalue weighted by Crippen LogP contribution is 2.36. The molecule has 6 aromatic rings. The molecule has 0 bridgehead atoms. The smallest absolute Gasteiger partial charge is 0.161 e. The van der Waals surface area contributed by atoms with Gasteiger partial charge >= 0.3 is 0 Å². The molecule has 0 aliphatic rings. The van der Waals surface area contributed by atoms with E-state index in [0.29, 0.717) is 10.8 Å². The van der Waals surface area contributed by atoms with E-state index in [1.54, 1.807) is 30.1 Å². The Hall–Kier alpha value is -4.13. The number of phenolic OH excluding ortho intramolecular Hbond substituents is 1. The molecule has 0 fully saturated rings. The molecule has 0 radical (unpaired) electrons. The van der Waals surface area contributed by atoms with Crippen molar-refractivity contribution in [2.45, 2.75) is 9.79 Å². The van der Waals surface area contributed by atoms with Crippen molar-refractivity contribution in [3.63, 3.8) is 0 Å². The van der Waals surface area contributed by atoms with Crippen molar-refractivity contribution in [1.29, 1.82) is 0 Å². The molecule has 0 aliphatic heterocycles. The second-order valence-corrected chi connectivity index (χ2v) is 9.76. The zero-order valence-electron chi connectivity index (χ0n) is 18.9. The van der Waals surface area contributed by atoms with Crippen molar-refractivity contribution in [1.82, 2.24) is 15.2 Å². The quantitative estimate of drug-likeness (QED) is 0.246. The average Bonchev–Trinajstić information content (AvgIpc) is 2.91. The molecule has 0 unspecified atom stereocenters. The monoisotopic (exact) mass is 506 g/mol. The van der Waals surface area contributed by atoms with Crippen molar-refractivity contribution in [3.8, 4) is 17.0 Å². The summed E-state index contributed by atoms with van der Waals surface area (Å²) in [4.78, 5) is 6.49. The molecule has 4 aromatic carbocycles. The predicted molar refractivity (Wildman–Crippen MR) is 147 cm³/mol. The van der Waals surface area contributed by atoms with E-state index in [1.807, 2.05) is 66.7 Å². The van der Waals surface area contributed by atoms with E-state index >= 15 is 0 Å². The van der Waals surface area contributed by atoms with E-state index in [-0.39, 0.29) is 5.75 Å². The van der Waals surface area contributed by atoms with E-state index in [4.69, 9.17) is 11.6 Å². The molecule has 7 heteroatoms. The summed E-state index contributed by atoms with van der Waals surface area (Å²) in [5, 5.41) is 26.0. The zero-order valence-corrected chi connectivity index (χ0v) is 20.5. The molecule has 0 saturated heterocycles. The average molecular weight is 507 g/mol. The van der Waals surface area contributed by atoms with E-state index < -0.39 is 0 Å². The summed E-state index contributed by atoms with van der Waals surface area (Å²) in [7, 11) is 0. The van der Waals surface area contributed by atoms with Crippen LogP contribution >= 0.6 is 23.4 Å². The van der Waals surface area contributed by atoms with Gasteiger partial charge < -0.3 is 10.4 Å². The van der Waals surface area contributed by atoms with Gasteiger partial charge in [0.2, 0.25) is 0 Å². The number of phenols is 1. The Labute approximate surface area is 216 Å². The van der Waals surface area contributed by atoms with Gasteiger partial charge in [-0.1, -0.05) is 59.8 Å². The minimum atomic E-state index is 0.229. The number of anilines is 2. The first-order valence-electron chi connectivity index (χ1n) is 11.3. The Kier molecular flexibility index (Phi) is 5.89. The number of pyridine rings is 1. The van der Waals surface area contributed by atoms with Crippen LogP contribution in [-0.2, 0) is 0 Å². The minimum absolute atomic E-state index is 0.229. The van der Waals surface area contributed by atoms with Gasteiger partial charge in [0.25, 0.3) is 0 Å². The predicted octanol–water partition coefficient (Wildman–Crippen LogP) is 8.10. The first-order valence-corrected chi connectivity index (χ1v) is 12.5. The molecule has 0 aliphatic carbocycles. The number of fused-ring (bicyclic) bond motifs is 2. The van der Waals surface area contributed by atoms with Crippen LogP contribution in [-0.4, -0.2) is 20.3 Å². The molecule has 2 heterocycles. The van der Waals surface area contributed by atoms with Crippen molar-refractivity contribution in [2.75, 3.05) is 5.32 Å². The molecule has 0 saturated carbocycles. The second-order valence-electron chi connectivity index (χ2n) is 8.21. The Morgan fingerprint density at radius 1 is 0.750 bits per heavy atom. The summed E-state index contributed by atoms with van der Waals surface area (Å²) in [6.45, 7) is 0. The zero-order chi connectivity index (χ0) is 24.5. The first kappa shape index (κ1) is 22.3. The lowest BCUT2D eigenvalue weighted by Gasteiger charge is -2.12. The SMILES string of the molecule is Oc1ccc2nccc(Sc3ccc(Nc4nnc(-c5ccc(Cl)cc5)c5ccccc45)cc3)c2c1. The molecular formula is C29H19ClN4OS. The molecule has 2 aromatic heterocycles. The van der Waals surface area contributed by atoms with Crippen LogP contribution < -0.4 is 5.32 Å². The first-order chi connectivity index (χ1) is 17.6. The number of benzene rings is 4. The fourth-order valence-electron chi connectivity index (χ4n) is 4.09. The summed E-state index contributed by atoms with van der Waals surface area (Å²) < 4.78 is 0. The summed E-state index contributed by atoms with van der Waals surface area (Å²) >= 11 is 7.69. The van der Waals surface area contributed by atoms with E-state index in [9.17, 15) is 5.11 Å². The molecule has 0 amide bonds. The van der Waals surface area contributed by atoms with E-state index in [0.717, 1.165) is 48.4 Å². The molecule has 0 spiro atoms. The highest BCUT2D eigenvalue weighted by atomic mass is 35.5. The number of hydrogen-bond acceptors (Lipinski definition) is 6. The molecule has 2 N–H and O–H groups in total.